The fourth-order valence-electron chi connectivity index (χ4n) is 3.14. The first-order chi connectivity index (χ1) is 20.1. The Hall–Kier alpha value is -5.92. The van der Waals surface area contributed by atoms with Crippen LogP contribution >= 0.6 is 0 Å². The van der Waals surface area contributed by atoms with E-state index < -0.39 is 62.2 Å². The summed E-state index contributed by atoms with van der Waals surface area (Å²) in [5.74, 6) is -7.11. The lowest BCUT2D eigenvalue weighted by atomic mass is 10.1. The van der Waals surface area contributed by atoms with E-state index in [-0.39, 0.29) is 34.1 Å². The van der Waals surface area contributed by atoms with E-state index in [4.69, 9.17) is 38.6 Å². The highest BCUT2D eigenvalue weighted by Crippen LogP contribution is 2.27. The van der Waals surface area contributed by atoms with Crippen molar-refractivity contribution in [3.05, 3.63) is 83.9 Å². The van der Waals surface area contributed by atoms with Crippen molar-refractivity contribution in [2.75, 3.05) is 26.4 Å². The molecule has 3 aromatic carbocycles. The summed E-state index contributed by atoms with van der Waals surface area (Å²) in [7, 11) is 0. The minimum absolute atomic E-state index is 0.0175. The van der Waals surface area contributed by atoms with Gasteiger partial charge in [-0.25, -0.2) is 28.8 Å². The molecule has 3 rings (SSSR count). The van der Waals surface area contributed by atoms with E-state index in [0.717, 1.165) is 0 Å². The first kappa shape index (κ1) is 30.6. The summed E-state index contributed by atoms with van der Waals surface area (Å²) in [4.78, 5) is 71.2. The Morgan fingerprint density at radius 1 is 0.452 bits per heavy atom. The van der Waals surface area contributed by atoms with E-state index in [1.807, 2.05) is 0 Å². The van der Waals surface area contributed by atoms with Crippen molar-refractivity contribution < 1.29 is 67.4 Å². The summed E-state index contributed by atoms with van der Waals surface area (Å²) in [6.07, 6.45) is 0. The lowest BCUT2D eigenvalue weighted by molar-refractivity contribution is -0.141. The molecule has 42 heavy (non-hydrogen) atoms. The second-order valence-corrected chi connectivity index (χ2v) is 7.90. The zero-order valence-corrected chi connectivity index (χ0v) is 21.6. The summed E-state index contributed by atoms with van der Waals surface area (Å²) >= 11 is 0. The van der Waals surface area contributed by atoms with Gasteiger partial charge in [0.2, 0.25) is 0 Å². The van der Waals surface area contributed by atoms with Gasteiger partial charge in [-0.3, -0.25) is 0 Å². The fourth-order valence-corrected chi connectivity index (χ4v) is 3.14. The van der Waals surface area contributed by atoms with Crippen molar-refractivity contribution >= 4 is 35.8 Å². The van der Waals surface area contributed by atoms with Crippen molar-refractivity contribution in [3.63, 3.8) is 0 Å². The van der Waals surface area contributed by atoms with Crippen LogP contribution in [0.3, 0.4) is 0 Å². The molecule has 0 saturated heterocycles. The second-order valence-electron chi connectivity index (χ2n) is 7.90. The van der Waals surface area contributed by atoms with Crippen molar-refractivity contribution in [2.45, 2.75) is 0 Å². The van der Waals surface area contributed by atoms with Gasteiger partial charge >= 0.3 is 35.8 Å². The number of rotatable bonds is 14. The van der Waals surface area contributed by atoms with E-state index in [9.17, 15) is 28.8 Å². The molecule has 3 aromatic rings. The lowest BCUT2D eigenvalue weighted by Gasteiger charge is -2.12. The van der Waals surface area contributed by atoms with E-state index >= 15 is 0 Å². The minimum atomic E-state index is -1.24. The number of aliphatic carboxylic acids is 2. The van der Waals surface area contributed by atoms with E-state index in [1.165, 1.54) is 48.5 Å². The number of hydrogen-bond acceptors (Lipinski definition) is 12. The molecule has 0 heterocycles. The van der Waals surface area contributed by atoms with Gasteiger partial charge in [-0.15, -0.1) is 0 Å². The van der Waals surface area contributed by atoms with Gasteiger partial charge in [0.05, 0.1) is 11.1 Å². The monoisotopic (exact) mass is 582 g/mol. The molecule has 0 aliphatic heterocycles. The first-order valence-corrected chi connectivity index (χ1v) is 11.9. The van der Waals surface area contributed by atoms with Crippen molar-refractivity contribution in [2.24, 2.45) is 0 Å². The third kappa shape index (κ3) is 9.37. The molecule has 0 amide bonds. The van der Waals surface area contributed by atoms with Crippen LogP contribution in [0.15, 0.2) is 72.8 Å². The van der Waals surface area contributed by atoms with Crippen LogP contribution in [0.5, 0.6) is 23.0 Å². The zero-order chi connectivity index (χ0) is 30.5. The van der Waals surface area contributed by atoms with E-state index in [2.05, 4.69) is 0 Å². The van der Waals surface area contributed by atoms with Gasteiger partial charge < -0.3 is 38.6 Å². The molecule has 0 spiro atoms. The quantitative estimate of drug-likeness (QED) is 0.207. The van der Waals surface area contributed by atoms with Gasteiger partial charge in [-0.2, -0.15) is 0 Å². The first-order valence-electron chi connectivity index (χ1n) is 11.9. The minimum Gasteiger partial charge on any atom is -0.479 e. The molecular weight excluding hydrogens is 560 g/mol. The number of benzene rings is 3. The van der Waals surface area contributed by atoms with E-state index in [0.29, 0.717) is 0 Å². The van der Waals surface area contributed by atoms with Gasteiger partial charge in [0.1, 0.15) is 0 Å². The zero-order valence-electron chi connectivity index (χ0n) is 21.6. The summed E-state index contributed by atoms with van der Waals surface area (Å²) in [5.41, 5.74) is -0.774. The number of hydrogen-bond donors (Lipinski definition) is 2. The average molecular weight is 582 g/mol. The Morgan fingerprint density at radius 2 is 0.738 bits per heavy atom. The standard InChI is InChI=1S/C28H22O14/c29-23(30)13-37-19-9-3-5-11-21(19)39-15-25(33)41-27(35)17-7-1-2-8-18(17)28(36)42-26(34)16-40-22-12-6-4-10-20(22)38-14-24(31)32/h1-12H,13-16H2,(H,29,30)(H,31,32). The molecule has 0 aliphatic carbocycles. The molecule has 0 aliphatic rings. The molecule has 14 heteroatoms. The largest absolute Gasteiger partial charge is 0.479 e. The van der Waals surface area contributed by atoms with Crippen LogP contribution in [0, 0.1) is 0 Å². The van der Waals surface area contributed by atoms with Gasteiger partial charge in [0.25, 0.3) is 0 Å². The summed E-state index contributed by atoms with van der Waals surface area (Å²) < 4.78 is 30.1. The molecule has 0 aromatic heterocycles. The highest BCUT2D eigenvalue weighted by Gasteiger charge is 2.24. The maximum absolute atomic E-state index is 12.6. The SMILES string of the molecule is O=C(O)COc1ccccc1OCC(=O)OC(=O)c1ccccc1C(=O)OC(=O)COc1ccccc1OCC(=O)O. The third-order valence-electron chi connectivity index (χ3n) is 4.87. The number of esters is 4. The lowest BCUT2D eigenvalue weighted by Crippen LogP contribution is -2.23. The van der Waals surface area contributed by atoms with Gasteiger partial charge in [0.15, 0.2) is 49.4 Å². The maximum Gasteiger partial charge on any atom is 0.352 e. The number of ether oxygens (including phenoxy) is 6. The van der Waals surface area contributed by atoms with Crippen molar-refractivity contribution in [1.29, 1.82) is 0 Å². The third-order valence-corrected chi connectivity index (χ3v) is 4.87. The fraction of sp³-hybridized carbons (Fsp3) is 0.143. The molecule has 0 atom stereocenters. The Kier molecular flexibility index (Phi) is 11.0. The Balaban J connectivity index is 1.57. The van der Waals surface area contributed by atoms with Crippen LogP contribution in [-0.2, 0) is 28.7 Å². The molecule has 0 fully saturated rings. The number of para-hydroxylation sites is 4. The van der Waals surface area contributed by atoms with Crippen LogP contribution in [0.4, 0.5) is 0 Å². The summed E-state index contributed by atoms with van der Waals surface area (Å²) in [5, 5.41) is 17.5. The number of carbonyl (C=O) groups excluding carboxylic acids is 4. The number of carboxylic acids is 2. The van der Waals surface area contributed by atoms with Crippen molar-refractivity contribution in [3.8, 4) is 23.0 Å². The summed E-state index contributed by atoms with van der Waals surface area (Å²) in [6.45, 7) is -2.84. The Labute approximate surface area is 236 Å². The number of carbonyl (C=O) groups is 6. The molecule has 0 bridgehead atoms. The Morgan fingerprint density at radius 3 is 1.05 bits per heavy atom. The van der Waals surface area contributed by atoms with Crippen LogP contribution in [0.1, 0.15) is 20.7 Å². The van der Waals surface area contributed by atoms with Gasteiger partial charge in [-0.1, -0.05) is 36.4 Å². The molecule has 0 saturated carbocycles. The average Bonchev–Trinajstić information content (AvgIpc) is 2.97. The summed E-state index contributed by atoms with van der Waals surface area (Å²) in [6, 6.07) is 16.9. The van der Waals surface area contributed by atoms with E-state index in [1.54, 1.807) is 24.3 Å². The van der Waals surface area contributed by atoms with Crippen LogP contribution in [-0.4, -0.2) is 72.5 Å². The molecule has 2 N–H and O–H groups in total. The molecule has 0 unspecified atom stereocenters. The Bertz CT molecular complexity index is 1370. The molecule has 0 radical (unpaired) electrons. The smallest absolute Gasteiger partial charge is 0.352 e. The number of carboxylic acid groups (broad SMARTS) is 2. The predicted molar refractivity (Wildman–Crippen MR) is 137 cm³/mol. The maximum atomic E-state index is 12.6. The highest BCUT2D eigenvalue weighted by atomic mass is 16.6. The van der Waals surface area contributed by atoms with Crippen LogP contribution < -0.4 is 18.9 Å². The predicted octanol–water partition coefficient (Wildman–Crippen LogP) is 2.14. The van der Waals surface area contributed by atoms with Crippen molar-refractivity contribution in [1.82, 2.24) is 0 Å². The van der Waals surface area contributed by atoms with Gasteiger partial charge in [0, 0.05) is 0 Å². The van der Waals surface area contributed by atoms with Crippen LogP contribution in [0.25, 0.3) is 0 Å². The molecular formula is C28H22O14. The topological polar surface area (TPSA) is 198 Å². The normalized spacial score (nSPS) is 10.1. The highest BCUT2D eigenvalue weighted by molar-refractivity contribution is 6.08. The molecule has 14 nitrogen and oxygen atoms in total. The molecule has 218 valence electrons. The van der Waals surface area contributed by atoms with Gasteiger partial charge in [-0.05, 0) is 36.4 Å². The van der Waals surface area contributed by atoms with Crippen LogP contribution in [0.2, 0.25) is 0 Å². The second kappa shape index (κ2) is 15.0.